The summed E-state index contributed by atoms with van der Waals surface area (Å²) in [5, 5.41) is 2.93. The maximum atomic E-state index is 11.8. The van der Waals surface area contributed by atoms with Crippen LogP contribution in [0.2, 0.25) is 0 Å². The summed E-state index contributed by atoms with van der Waals surface area (Å²) in [6.45, 7) is 0. The minimum absolute atomic E-state index is 0.109. The first-order chi connectivity index (χ1) is 7.15. The van der Waals surface area contributed by atoms with E-state index in [1.807, 2.05) is 0 Å². The second-order valence-electron chi connectivity index (χ2n) is 3.76. The number of carbonyl (C=O) groups excluding carboxylic acids is 1. The quantitative estimate of drug-likeness (QED) is 0.868. The molecule has 5 heteroatoms. The highest BCUT2D eigenvalue weighted by atomic mass is 79.9. The summed E-state index contributed by atoms with van der Waals surface area (Å²) < 4.78 is 0.797. The molecule has 1 aliphatic rings. The third-order valence-corrected chi connectivity index (χ3v) is 3.40. The topological polar surface area (TPSA) is 42.0 Å². The van der Waals surface area contributed by atoms with Gasteiger partial charge in [-0.1, -0.05) is 0 Å². The highest BCUT2D eigenvalue weighted by Gasteiger charge is 2.43. The minimum Gasteiger partial charge on any atom is -0.345 e. The number of hydrogen-bond donors (Lipinski definition) is 1. The highest BCUT2D eigenvalue weighted by molar-refractivity contribution is 9.10. The van der Waals surface area contributed by atoms with Crippen molar-refractivity contribution in [1.82, 2.24) is 10.3 Å². The van der Waals surface area contributed by atoms with Crippen LogP contribution in [0.1, 0.15) is 23.2 Å². The van der Waals surface area contributed by atoms with E-state index in [2.05, 4.69) is 26.2 Å². The van der Waals surface area contributed by atoms with Gasteiger partial charge in [0.15, 0.2) is 0 Å². The first-order valence-corrected chi connectivity index (χ1v) is 5.97. The number of halogens is 2. The first-order valence-electron chi connectivity index (χ1n) is 4.64. The average Bonchev–Trinajstić information content (AvgIpc) is 2.98. The monoisotopic (exact) mass is 288 g/mol. The van der Waals surface area contributed by atoms with Gasteiger partial charge in [-0.2, -0.15) is 0 Å². The molecule has 0 aliphatic heterocycles. The van der Waals surface area contributed by atoms with Crippen LogP contribution in [0.25, 0.3) is 0 Å². The Balaban J connectivity index is 2.08. The van der Waals surface area contributed by atoms with Gasteiger partial charge in [0, 0.05) is 22.7 Å². The second kappa shape index (κ2) is 4.10. The molecule has 2 rings (SSSR count). The van der Waals surface area contributed by atoms with Crippen LogP contribution >= 0.6 is 27.5 Å². The summed E-state index contributed by atoms with van der Waals surface area (Å²) in [7, 11) is 0. The minimum atomic E-state index is -0.166. The van der Waals surface area contributed by atoms with Gasteiger partial charge >= 0.3 is 0 Å². The third-order valence-electron chi connectivity index (χ3n) is 2.46. The van der Waals surface area contributed by atoms with E-state index >= 15 is 0 Å². The normalized spacial score (nSPS) is 17.2. The van der Waals surface area contributed by atoms with E-state index in [4.69, 9.17) is 11.6 Å². The molecule has 1 fully saturated rings. The van der Waals surface area contributed by atoms with Crippen LogP contribution in [0.3, 0.4) is 0 Å². The molecule has 0 saturated heterocycles. The Hall–Kier alpha value is -0.610. The van der Waals surface area contributed by atoms with Crippen molar-refractivity contribution in [2.45, 2.75) is 18.4 Å². The molecule has 0 radical (unpaired) electrons. The van der Waals surface area contributed by atoms with Crippen LogP contribution in [0, 0.1) is 0 Å². The van der Waals surface area contributed by atoms with E-state index in [0.717, 1.165) is 17.3 Å². The Morgan fingerprint density at radius 3 is 2.87 bits per heavy atom. The predicted molar refractivity (Wildman–Crippen MR) is 62.1 cm³/mol. The molecule has 1 saturated carbocycles. The molecule has 0 aromatic carbocycles. The molecule has 0 bridgehead atoms. The zero-order chi connectivity index (χ0) is 10.9. The molecular weight excluding hydrogens is 279 g/mol. The number of nitrogens with zero attached hydrogens (tertiary/aromatic N) is 1. The Kier molecular flexibility index (Phi) is 2.98. The Morgan fingerprint density at radius 2 is 2.33 bits per heavy atom. The fourth-order valence-electron chi connectivity index (χ4n) is 1.29. The number of amides is 1. The van der Waals surface area contributed by atoms with Crippen LogP contribution in [0.15, 0.2) is 22.9 Å². The van der Waals surface area contributed by atoms with Gasteiger partial charge in [-0.3, -0.25) is 9.78 Å². The maximum absolute atomic E-state index is 11.8. The Morgan fingerprint density at radius 1 is 1.60 bits per heavy atom. The van der Waals surface area contributed by atoms with Crippen LogP contribution in [-0.2, 0) is 0 Å². The van der Waals surface area contributed by atoms with E-state index in [9.17, 15) is 4.79 Å². The summed E-state index contributed by atoms with van der Waals surface area (Å²) in [5.74, 6) is 0.363. The lowest BCUT2D eigenvalue weighted by Gasteiger charge is -2.13. The lowest BCUT2D eigenvalue weighted by molar-refractivity contribution is 0.0935. The van der Waals surface area contributed by atoms with Crippen molar-refractivity contribution in [3.05, 3.63) is 28.5 Å². The van der Waals surface area contributed by atoms with Crippen molar-refractivity contribution >= 4 is 33.4 Å². The van der Waals surface area contributed by atoms with Crippen LogP contribution < -0.4 is 5.32 Å². The van der Waals surface area contributed by atoms with E-state index in [1.54, 1.807) is 18.5 Å². The fraction of sp³-hybridized carbons (Fsp3) is 0.400. The molecule has 1 amide bonds. The van der Waals surface area contributed by atoms with Gasteiger partial charge in [-0.15, -0.1) is 11.6 Å². The zero-order valence-electron chi connectivity index (χ0n) is 7.96. The molecular formula is C10H10BrClN2O. The molecule has 0 spiro atoms. The van der Waals surface area contributed by atoms with Crippen LogP contribution in [0.5, 0.6) is 0 Å². The van der Waals surface area contributed by atoms with Crippen molar-refractivity contribution in [3.63, 3.8) is 0 Å². The first kappa shape index (κ1) is 10.9. The van der Waals surface area contributed by atoms with Gasteiger partial charge in [0.25, 0.3) is 5.91 Å². The van der Waals surface area contributed by atoms with Crippen molar-refractivity contribution in [2.24, 2.45) is 0 Å². The Labute approximate surface area is 101 Å². The van der Waals surface area contributed by atoms with Crippen molar-refractivity contribution in [2.75, 3.05) is 5.88 Å². The summed E-state index contributed by atoms with van der Waals surface area (Å²) in [5.41, 5.74) is 0.391. The molecule has 1 N–H and O–H groups in total. The van der Waals surface area contributed by atoms with Crippen molar-refractivity contribution in [3.8, 4) is 0 Å². The van der Waals surface area contributed by atoms with Gasteiger partial charge in [0.2, 0.25) is 0 Å². The van der Waals surface area contributed by atoms with Crippen LogP contribution in [-0.4, -0.2) is 22.3 Å². The van der Waals surface area contributed by atoms with E-state index in [-0.39, 0.29) is 11.4 Å². The van der Waals surface area contributed by atoms with Crippen molar-refractivity contribution in [1.29, 1.82) is 0 Å². The average molecular weight is 290 g/mol. The summed E-state index contributed by atoms with van der Waals surface area (Å²) in [4.78, 5) is 15.7. The second-order valence-corrected chi connectivity index (χ2v) is 4.94. The summed E-state index contributed by atoms with van der Waals surface area (Å²) in [6.07, 6.45) is 5.11. The molecule has 1 aromatic rings. The largest absolute Gasteiger partial charge is 0.345 e. The molecule has 1 aromatic heterocycles. The standard InChI is InChI=1S/C10H10BrClN2O/c11-8-3-7(4-13-5-8)9(15)14-10(6-12)1-2-10/h3-5H,1-2,6H2,(H,14,15). The zero-order valence-corrected chi connectivity index (χ0v) is 10.3. The van der Waals surface area contributed by atoms with E-state index in [0.29, 0.717) is 11.4 Å². The smallest absolute Gasteiger partial charge is 0.253 e. The molecule has 80 valence electrons. The summed E-state index contributed by atoms with van der Waals surface area (Å²) in [6, 6.07) is 1.74. The number of rotatable bonds is 3. The number of alkyl halides is 1. The van der Waals surface area contributed by atoms with Crippen molar-refractivity contribution < 1.29 is 4.79 Å². The van der Waals surface area contributed by atoms with Gasteiger partial charge in [-0.25, -0.2) is 0 Å². The molecule has 0 unspecified atom stereocenters. The van der Waals surface area contributed by atoms with Gasteiger partial charge in [0.1, 0.15) is 0 Å². The Bertz CT molecular complexity index is 393. The molecule has 0 atom stereocenters. The van der Waals surface area contributed by atoms with Gasteiger partial charge in [-0.05, 0) is 34.8 Å². The molecule has 1 aliphatic carbocycles. The number of pyridine rings is 1. The van der Waals surface area contributed by atoms with Crippen LogP contribution in [0.4, 0.5) is 0 Å². The highest BCUT2D eigenvalue weighted by Crippen LogP contribution is 2.36. The van der Waals surface area contributed by atoms with Gasteiger partial charge < -0.3 is 5.32 Å². The summed E-state index contributed by atoms with van der Waals surface area (Å²) >= 11 is 9.05. The van der Waals surface area contributed by atoms with E-state index in [1.165, 1.54) is 0 Å². The SMILES string of the molecule is O=C(NC1(CCl)CC1)c1cncc(Br)c1. The number of nitrogens with one attached hydrogen (secondary N) is 1. The lowest BCUT2D eigenvalue weighted by Crippen LogP contribution is -2.38. The predicted octanol–water partition coefficient (Wildman–Crippen LogP) is 2.35. The fourth-order valence-corrected chi connectivity index (χ4v) is 1.99. The maximum Gasteiger partial charge on any atom is 0.253 e. The molecule has 1 heterocycles. The number of aromatic nitrogens is 1. The third kappa shape index (κ3) is 2.49. The van der Waals surface area contributed by atoms with E-state index < -0.39 is 0 Å². The number of carbonyl (C=O) groups is 1. The molecule has 15 heavy (non-hydrogen) atoms. The molecule has 3 nitrogen and oxygen atoms in total. The number of hydrogen-bond acceptors (Lipinski definition) is 2. The van der Waals surface area contributed by atoms with Gasteiger partial charge in [0.05, 0.1) is 11.1 Å². The lowest BCUT2D eigenvalue weighted by atomic mass is 10.2.